The third-order valence-corrected chi connectivity index (χ3v) is 22.3. The van der Waals surface area contributed by atoms with Gasteiger partial charge in [0.05, 0.1) is 36.1 Å². The van der Waals surface area contributed by atoms with E-state index in [0.29, 0.717) is 13.2 Å². The zero-order valence-electron chi connectivity index (χ0n) is 52.8. The van der Waals surface area contributed by atoms with Crippen LogP contribution in [0.15, 0.2) is 96.4 Å². The number of nitrogens with zero attached hydrogens (tertiary/aromatic N) is 3. The van der Waals surface area contributed by atoms with E-state index in [1.165, 1.54) is 220 Å². The first-order valence-corrected chi connectivity index (χ1v) is 36.4. The highest BCUT2D eigenvalue weighted by Gasteiger charge is 2.45. The number of benzene rings is 5. The second-order valence-electron chi connectivity index (χ2n) is 25.4. The molecule has 4 aromatic heterocycles. The molecule has 5 nitrogen and oxygen atoms in total. The summed E-state index contributed by atoms with van der Waals surface area (Å²) in [6, 6.07) is 36.9. The van der Waals surface area contributed by atoms with Crippen LogP contribution < -0.4 is 9.47 Å². The molecular formula is C77H97N3O2S3. The van der Waals surface area contributed by atoms with Gasteiger partial charge in [-0.25, -0.2) is 0 Å². The van der Waals surface area contributed by atoms with E-state index in [0.717, 1.165) is 69.1 Å². The van der Waals surface area contributed by atoms with E-state index in [2.05, 4.69) is 150 Å². The zero-order chi connectivity index (χ0) is 58.8. The van der Waals surface area contributed by atoms with Gasteiger partial charge in [0.1, 0.15) is 11.0 Å². The van der Waals surface area contributed by atoms with Gasteiger partial charge >= 0.3 is 0 Å². The van der Waals surface area contributed by atoms with Crippen LogP contribution in [0.25, 0.3) is 86.4 Å². The van der Waals surface area contributed by atoms with Crippen molar-refractivity contribution in [2.45, 2.75) is 232 Å². The summed E-state index contributed by atoms with van der Waals surface area (Å²) in [4.78, 5) is 3.56. The smallest absolute Gasteiger partial charge is 0.172 e. The summed E-state index contributed by atoms with van der Waals surface area (Å²) in [6.07, 6.45) is 34.3. The molecule has 0 unspecified atom stereocenters. The molecular weight excluding hydrogens is 1100 g/mol. The maximum absolute atomic E-state index is 7.09. The average Bonchev–Trinajstić information content (AvgIpc) is 2.28. The summed E-state index contributed by atoms with van der Waals surface area (Å²) in [5.41, 5.74) is 19.9. The standard InChI is InChI=1S/C77H97N3O2S3/c1-8-14-20-28-42-76(43-29-21-15-9-2)61-36-27-26-35-55(61)57-52-65-59(50-63(57)76)60-51-64-58(53-66(60)80(65)7)56-39-38-54(49-62(56)77(64,44-30-22-16-10-3)45-31-23-17-11-4)67-40-41-69(84-67)71-73-72(78-85-79-73)70(68-37-34-48-83-68)74(81-46-32-24-18-12-5)75(71)82-47-33-25-19-13-6/h26-27,34-41,48-53H,8-25,28-33,42-47H2,1-7H3. The lowest BCUT2D eigenvalue weighted by Gasteiger charge is -2.33. The second kappa shape index (κ2) is 28.7. The molecule has 8 heteroatoms. The Kier molecular flexibility index (Phi) is 20.7. The third kappa shape index (κ3) is 12.2. The zero-order valence-corrected chi connectivity index (χ0v) is 55.3. The van der Waals surface area contributed by atoms with Crippen molar-refractivity contribution >= 4 is 67.2 Å². The average molecular weight is 1190 g/mol. The van der Waals surface area contributed by atoms with Gasteiger partial charge in [0, 0.05) is 54.3 Å². The van der Waals surface area contributed by atoms with Crippen LogP contribution in [0.2, 0.25) is 0 Å². The highest BCUT2D eigenvalue weighted by atomic mass is 32.1. The topological polar surface area (TPSA) is 49.2 Å². The van der Waals surface area contributed by atoms with E-state index in [-0.39, 0.29) is 10.8 Å². The Hall–Kier alpha value is -5.28. The number of rotatable bonds is 35. The van der Waals surface area contributed by atoms with E-state index < -0.39 is 0 Å². The number of hydrogen-bond donors (Lipinski definition) is 0. The molecule has 4 heterocycles. The van der Waals surface area contributed by atoms with Gasteiger partial charge in [0.25, 0.3) is 0 Å². The number of aryl methyl sites for hydroxylation is 1. The molecule has 5 aromatic carbocycles. The van der Waals surface area contributed by atoms with Crippen molar-refractivity contribution in [1.82, 2.24) is 13.3 Å². The lowest BCUT2D eigenvalue weighted by atomic mass is 9.70. The summed E-state index contributed by atoms with van der Waals surface area (Å²) in [6.45, 7) is 15.2. The Morgan fingerprint density at radius 3 is 1.38 bits per heavy atom. The van der Waals surface area contributed by atoms with Crippen LogP contribution >= 0.6 is 34.4 Å². The molecule has 11 rings (SSSR count). The maximum atomic E-state index is 7.09. The minimum Gasteiger partial charge on any atom is -0.489 e. The first-order valence-electron chi connectivity index (χ1n) is 33.9. The number of fused-ring (bicyclic) bond motifs is 10. The first kappa shape index (κ1) is 61.4. The highest BCUT2D eigenvalue weighted by molar-refractivity contribution is 7.19. The molecule has 0 spiro atoms. The van der Waals surface area contributed by atoms with Gasteiger partial charge in [0.15, 0.2) is 11.5 Å². The lowest BCUT2D eigenvalue weighted by molar-refractivity contribution is 0.261. The van der Waals surface area contributed by atoms with Crippen LogP contribution in [-0.4, -0.2) is 26.5 Å². The van der Waals surface area contributed by atoms with Crippen LogP contribution in [0.5, 0.6) is 11.5 Å². The second-order valence-corrected chi connectivity index (χ2v) is 28.0. The Balaban J connectivity index is 1.05. The summed E-state index contributed by atoms with van der Waals surface area (Å²) in [7, 11) is 2.35. The molecule has 9 aromatic rings. The number of aromatic nitrogens is 3. The Labute approximate surface area is 522 Å². The van der Waals surface area contributed by atoms with Gasteiger partial charge < -0.3 is 14.0 Å². The summed E-state index contributed by atoms with van der Waals surface area (Å²) >= 11 is 4.90. The molecule has 0 amide bonds. The van der Waals surface area contributed by atoms with Crippen LogP contribution in [0.3, 0.4) is 0 Å². The van der Waals surface area contributed by atoms with Crippen molar-refractivity contribution in [3.8, 4) is 65.1 Å². The molecule has 0 N–H and O–H groups in total. The molecule has 0 atom stereocenters. The van der Waals surface area contributed by atoms with Crippen LogP contribution in [0.1, 0.15) is 244 Å². The molecule has 0 radical (unpaired) electrons. The van der Waals surface area contributed by atoms with E-state index >= 15 is 0 Å². The van der Waals surface area contributed by atoms with Crippen LogP contribution in [0, 0.1) is 0 Å². The van der Waals surface area contributed by atoms with Crippen LogP contribution in [0.4, 0.5) is 0 Å². The van der Waals surface area contributed by atoms with Gasteiger partial charge in [-0.2, -0.15) is 8.75 Å². The number of unbranched alkanes of at least 4 members (excludes halogenated alkanes) is 18. The number of hydrogen-bond acceptors (Lipinski definition) is 7. The van der Waals surface area contributed by atoms with Crippen molar-refractivity contribution < 1.29 is 9.47 Å². The molecule has 0 fully saturated rings. The largest absolute Gasteiger partial charge is 0.489 e. The molecule has 0 aliphatic heterocycles. The fourth-order valence-corrected chi connectivity index (χ4v) is 17.5. The van der Waals surface area contributed by atoms with Crippen molar-refractivity contribution in [2.75, 3.05) is 13.2 Å². The van der Waals surface area contributed by atoms with Gasteiger partial charge in [-0.15, -0.1) is 22.7 Å². The normalized spacial score (nSPS) is 13.8. The minimum absolute atomic E-state index is 0.0423. The molecule has 2 aliphatic carbocycles. The first-order chi connectivity index (χ1) is 41.9. The molecule has 450 valence electrons. The quantitative estimate of drug-likeness (QED) is 0.0372. The molecule has 0 saturated heterocycles. The Bertz CT molecular complexity index is 3630. The molecule has 2 aliphatic rings. The predicted molar refractivity (Wildman–Crippen MR) is 370 cm³/mol. The third-order valence-electron chi connectivity index (χ3n) is 19.7. The lowest BCUT2D eigenvalue weighted by Crippen LogP contribution is -2.25. The highest BCUT2D eigenvalue weighted by Crippen LogP contribution is 2.60. The minimum atomic E-state index is -0.0912. The molecule has 85 heavy (non-hydrogen) atoms. The summed E-state index contributed by atoms with van der Waals surface area (Å²) in [5, 5.41) is 5.03. The van der Waals surface area contributed by atoms with Crippen molar-refractivity contribution in [1.29, 1.82) is 0 Å². The van der Waals surface area contributed by atoms with E-state index in [1.807, 2.05) is 11.3 Å². The fourth-order valence-electron chi connectivity index (χ4n) is 15.2. The summed E-state index contributed by atoms with van der Waals surface area (Å²) < 4.78 is 26.8. The molecule has 0 bridgehead atoms. The Morgan fingerprint density at radius 1 is 0.412 bits per heavy atom. The Morgan fingerprint density at radius 2 is 0.871 bits per heavy atom. The monoisotopic (exact) mass is 1190 g/mol. The van der Waals surface area contributed by atoms with Gasteiger partial charge in [-0.3, -0.25) is 0 Å². The van der Waals surface area contributed by atoms with Gasteiger partial charge in [-0.1, -0.05) is 225 Å². The van der Waals surface area contributed by atoms with Gasteiger partial charge in [0.2, 0.25) is 0 Å². The SMILES string of the molecule is CCCCCCOc1c(OCCCCCC)c(-c2ccc(-c3ccc4c(c3)C(CCCCCC)(CCCCCC)c3cc5c6cc7c(cc6n(C)c5cc3-4)-c3ccccc3C7(CCCCCC)CCCCCC)s2)c2nsnc2c1-c1cccs1. The van der Waals surface area contributed by atoms with Crippen molar-refractivity contribution in [3.05, 3.63) is 119 Å². The fraction of sp³-hybridized carbons (Fsp3) is 0.506. The predicted octanol–water partition coefficient (Wildman–Crippen LogP) is 24.8. The number of ether oxygens (including phenoxy) is 2. The van der Waals surface area contributed by atoms with E-state index in [4.69, 9.17) is 18.2 Å². The molecule has 0 saturated carbocycles. The van der Waals surface area contributed by atoms with Gasteiger partial charge in [-0.05, 0) is 143 Å². The summed E-state index contributed by atoms with van der Waals surface area (Å²) in [5.74, 6) is 1.65. The van der Waals surface area contributed by atoms with Crippen molar-refractivity contribution in [2.24, 2.45) is 7.05 Å². The van der Waals surface area contributed by atoms with E-state index in [1.54, 1.807) is 33.6 Å². The van der Waals surface area contributed by atoms with E-state index in [9.17, 15) is 0 Å². The number of thiophene rings is 2. The maximum Gasteiger partial charge on any atom is 0.172 e. The van der Waals surface area contributed by atoms with Crippen molar-refractivity contribution in [3.63, 3.8) is 0 Å². The van der Waals surface area contributed by atoms with Crippen LogP contribution in [-0.2, 0) is 17.9 Å².